The number of rotatable bonds is 3. The minimum absolute atomic E-state index is 0.394. The van der Waals surface area contributed by atoms with Gasteiger partial charge in [-0.3, -0.25) is 0 Å². The van der Waals surface area contributed by atoms with Crippen LogP contribution in [0.4, 0.5) is 0 Å². The van der Waals surface area contributed by atoms with Crippen LogP contribution in [-0.2, 0) is 6.54 Å². The van der Waals surface area contributed by atoms with Gasteiger partial charge in [0.1, 0.15) is 10.7 Å². The van der Waals surface area contributed by atoms with Gasteiger partial charge >= 0.3 is 5.97 Å². The fourth-order valence-electron chi connectivity index (χ4n) is 1.54. The molecule has 0 amide bonds. The third-order valence-electron chi connectivity index (χ3n) is 2.50. The number of nitrogens with zero attached hydrogens (tertiary/aromatic N) is 2. The number of imidazole rings is 1. The third-order valence-corrected chi connectivity index (χ3v) is 3.58. The maximum Gasteiger partial charge on any atom is 0.345 e. The Hall–Kier alpha value is -1.62. The van der Waals surface area contributed by atoms with Crippen LogP contribution in [0.5, 0.6) is 0 Å². The van der Waals surface area contributed by atoms with Gasteiger partial charge in [-0.25, -0.2) is 9.78 Å². The molecule has 2 aromatic rings. The zero-order valence-electron chi connectivity index (χ0n) is 9.10. The number of carbonyl (C=O) groups is 1. The van der Waals surface area contributed by atoms with E-state index in [1.54, 1.807) is 12.3 Å². The average Bonchev–Trinajstić information content (AvgIpc) is 2.76. The summed E-state index contributed by atoms with van der Waals surface area (Å²) in [7, 11) is 0. The van der Waals surface area contributed by atoms with Crippen LogP contribution in [0, 0.1) is 13.8 Å². The van der Waals surface area contributed by atoms with E-state index in [-0.39, 0.29) is 0 Å². The maximum atomic E-state index is 10.8. The SMILES string of the molecule is Cc1sc(C(=O)O)cc1Cn1ccnc1C. The standard InChI is InChI=1S/C11H12N2O2S/c1-7-9(5-10(16-7)11(14)15)6-13-4-3-12-8(13)2/h3-5H,6H2,1-2H3,(H,14,15). The molecule has 0 atom stereocenters. The van der Waals surface area contributed by atoms with Crippen LogP contribution in [0.25, 0.3) is 0 Å². The fraction of sp³-hybridized carbons (Fsp3) is 0.273. The van der Waals surface area contributed by atoms with Crippen molar-refractivity contribution < 1.29 is 9.90 Å². The number of aromatic nitrogens is 2. The molecule has 2 rings (SSSR count). The maximum absolute atomic E-state index is 10.8. The average molecular weight is 236 g/mol. The van der Waals surface area contributed by atoms with Gasteiger partial charge in [0.2, 0.25) is 0 Å². The molecule has 0 aliphatic heterocycles. The van der Waals surface area contributed by atoms with E-state index < -0.39 is 5.97 Å². The zero-order valence-corrected chi connectivity index (χ0v) is 9.91. The number of hydrogen-bond donors (Lipinski definition) is 1. The summed E-state index contributed by atoms with van der Waals surface area (Å²) in [6.07, 6.45) is 3.64. The number of aromatic carboxylic acids is 1. The van der Waals surface area contributed by atoms with E-state index in [1.165, 1.54) is 11.3 Å². The second kappa shape index (κ2) is 4.09. The van der Waals surface area contributed by atoms with Gasteiger partial charge in [0, 0.05) is 23.8 Å². The number of thiophene rings is 1. The van der Waals surface area contributed by atoms with Crippen molar-refractivity contribution in [3.05, 3.63) is 39.6 Å². The van der Waals surface area contributed by atoms with Gasteiger partial charge in [-0.05, 0) is 25.5 Å². The second-order valence-corrected chi connectivity index (χ2v) is 4.86. The Morgan fingerprint density at radius 2 is 2.31 bits per heavy atom. The smallest absolute Gasteiger partial charge is 0.345 e. The summed E-state index contributed by atoms with van der Waals surface area (Å²) >= 11 is 1.32. The van der Waals surface area contributed by atoms with E-state index in [2.05, 4.69) is 4.98 Å². The molecule has 0 saturated carbocycles. The highest BCUT2D eigenvalue weighted by Gasteiger charge is 2.11. The second-order valence-electron chi connectivity index (χ2n) is 3.60. The highest BCUT2D eigenvalue weighted by molar-refractivity contribution is 7.14. The first-order valence-corrected chi connectivity index (χ1v) is 5.70. The number of carboxylic acid groups (broad SMARTS) is 1. The third kappa shape index (κ3) is 1.99. The summed E-state index contributed by atoms with van der Waals surface area (Å²) in [4.78, 5) is 16.4. The Kier molecular flexibility index (Phi) is 2.78. The Morgan fingerprint density at radius 3 is 2.81 bits per heavy atom. The molecule has 1 N–H and O–H groups in total. The van der Waals surface area contributed by atoms with Gasteiger partial charge in [-0.2, -0.15) is 0 Å². The van der Waals surface area contributed by atoms with Gasteiger partial charge in [0.25, 0.3) is 0 Å². The lowest BCUT2D eigenvalue weighted by molar-refractivity contribution is 0.0702. The van der Waals surface area contributed by atoms with Crippen LogP contribution in [0.1, 0.15) is 25.9 Å². The van der Waals surface area contributed by atoms with Crippen molar-refractivity contribution >= 4 is 17.3 Å². The molecule has 0 bridgehead atoms. The lowest BCUT2D eigenvalue weighted by Gasteiger charge is -2.03. The van der Waals surface area contributed by atoms with Crippen LogP contribution < -0.4 is 0 Å². The van der Waals surface area contributed by atoms with Gasteiger partial charge in [0.15, 0.2) is 0 Å². The highest BCUT2D eigenvalue weighted by atomic mass is 32.1. The predicted molar refractivity (Wildman–Crippen MR) is 62.1 cm³/mol. The van der Waals surface area contributed by atoms with Gasteiger partial charge in [0.05, 0.1) is 0 Å². The van der Waals surface area contributed by atoms with Crippen molar-refractivity contribution in [1.29, 1.82) is 0 Å². The molecule has 0 aliphatic carbocycles. The molecule has 0 fully saturated rings. The Balaban J connectivity index is 2.28. The van der Waals surface area contributed by atoms with Crippen LogP contribution in [0.2, 0.25) is 0 Å². The summed E-state index contributed by atoms with van der Waals surface area (Å²) in [6.45, 7) is 4.56. The van der Waals surface area contributed by atoms with E-state index in [1.807, 2.05) is 24.6 Å². The lowest BCUT2D eigenvalue weighted by Crippen LogP contribution is -2.00. The summed E-state index contributed by atoms with van der Waals surface area (Å²) < 4.78 is 2.00. The van der Waals surface area contributed by atoms with Crippen molar-refractivity contribution in [2.45, 2.75) is 20.4 Å². The van der Waals surface area contributed by atoms with Crippen LogP contribution >= 0.6 is 11.3 Å². The van der Waals surface area contributed by atoms with E-state index in [0.29, 0.717) is 11.4 Å². The Morgan fingerprint density at radius 1 is 1.56 bits per heavy atom. The molecule has 2 heterocycles. The highest BCUT2D eigenvalue weighted by Crippen LogP contribution is 2.22. The first-order chi connectivity index (χ1) is 7.58. The molecule has 84 valence electrons. The van der Waals surface area contributed by atoms with Gasteiger partial charge in [-0.1, -0.05) is 0 Å². The molecule has 2 aromatic heterocycles. The van der Waals surface area contributed by atoms with Crippen LogP contribution in [0.15, 0.2) is 18.5 Å². The largest absolute Gasteiger partial charge is 0.477 e. The molecular weight excluding hydrogens is 224 g/mol. The van der Waals surface area contributed by atoms with E-state index in [0.717, 1.165) is 16.3 Å². The predicted octanol–water partition coefficient (Wildman–Crippen LogP) is 2.31. The summed E-state index contributed by atoms with van der Waals surface area (Å²) in [5, 5.41) is 8.89. The summed E-state index contributed by atoms with van der Waals surface area (Å²) in [5.74, 6) is 0.0733. The molecule has 0 unspecified atom stereocenters. The number of aryl methyl sites for hydroxylation is 2. The van der Waals surface area contributed by atoms with Gasteiger partial charge in [-0.15, -0.1) is 11.3 Å². The van der Waals surface area contributed by atoms with Crippen LogP contribution in [0.3, 0.4) is 0 Å². The summed E-state index contributed by atoms with van der Waals surface area (Å²) in [6, 6.07) is 1.74. The molecule has 4 nitrogen and oxygen atoms in total. The zero-order chi connectivity index (χ0) is 11.7. The van der Waals surface area contributed by atoms with E-state index >= 15 is 0 Å². The molecule has 0 aromatic carbocycles. The molecule has 16 heavy (non-hydrogen) atoms. The molecular formula is C11H12N2O2S. The molecule has 0 radical (unpaired) electrons. The number of carboxylic acids is 1. The first-order valence-electron chi connectivity index (χ1n) is 4.88. The molecule has 0 aliphatic rings. The fourth-order valence-corrected chi connectivity index (χ4v) is 2.41. The minimum atomic E-state index is -0.860. The Bertz CT molecular complexity index is 528. The lowest BCUT2D eigenvalue weighted by atomic mass is 10.2. The first kappa shape index (κ1) is 10.9. The van der Waals surface area contributed by atoms with Crippen molar-refractivity contribution in [2.24, 2.45) is 0 Å². The minimum Gasteiger partial charge on any atom is -0.477 e. The molecule has 0 saturated heterocycles. The normalized spacial score (nSPS) is 10.6. The van der Waals surface area contributed by atoms with E-state index in [9.17, 15) is 4.79 Å². The van der Waals surface area contributed by atoms with Crippen LogP contribution in [-0.4, -0.2) is 20.6 Å². The van der Waals surface area contributed by atoms with Crippen molar-refractivity contribution in [1.82, 2.24) is 9.55 Å². The monoisotopic (exact) mass is 236 g/mol. The molecule has 0 spiro atoms. The number of hydrogen-bond acceptors (Lipinski definition) is 3. The molecule has 5 heteroatoms. The van der Waals surface area contributed by atoms with Gasteiger partial charge < -0.3 is 9.67 Å². The quantitative estimate of drug-likeness (QED) is 0.889. The van der Waals surface area contributed by atoms with Crippen molar-refractivity contribution in [3.8, 4) is 0 Å². The van der Waals surface area contributed by atoms with Crippen molar-refractivity contribution in [2.75, 3.05) is 0 Å². The van der Waals surface area contributed by atoms with Crippen molar-refractivity contribution in [3.63, 3.8) is 0 Å². The van der Waals surface area contributed by atoms with E-state index in [4.69, 9.17) is 5.11 Å². The topological polar surface area (TPSA) is 55.1 Å². The summed E-state index contributed by atoms with van der Waals surface area (Å²) in [5.41, 5.74) is 1.04. The Labute approximate surface area is 97.2 Å².